The molecule has 136 valence electrons. The summed E-state index contributed by atoms with van der Waals surface area (Å²) in [5.74, 6) is 0.313. The van der Waals surface area contributed by atoms with E-state index < -0.39 is 29.9 Å². The molecule has 1 aliphatic rings. The van der Waals surface area contributed by atoms with Gasteiger partial charge in [0.25, 0.3) is 5.91 Å². The smallest absolute Gasteiger partial charge is 0.325 e. The summed E-state index contributed by atoms with van der Waals surface area (Å²) in [5, 5.41) is 8.76. The number of nitrogens with one attached hydrogen (secondary N) is 2. The maximum atomic E-state index is 12.8. The van der Waals surface area contributed by atoms with Crippen LogP contribution >= 0.6 is 0 Å². The Hall–Kier alpha value is -3.36. The maximum Gasteiger partial charge on any atom is 0.325 e. The van der Waals surface area contributed by atoms with E-state index >= 15 is 0 Å². The van der Waals surface area contributed by atoms with E-state index in [2.05, 4.69) is 15.8 Å². The Labute approximate surface area is 149 Å². The minimum Gasteiger partial charge on any atom is -0.497 e. The lowest BCUT2D eigenvalue weighted by Gasteiger charge is -2.22. The fourth-order valence-electron chi connectivity index (χ4n) is 2.71. The van der Waals surface area contributed by atoms with Crippen molar-refractivity contribution < 1.29 is 23.6 Å². The summed E-state index contributed by atoms with van der Waals surface area (Å²) >= 11 is 0. The van der Waals surface area contributed by atoms with Gasteiger partial charge in [0.15, 0.2) is 5.82 Å². The lowest BCUT2D eigenvalue weighted by atomic mass is 9.92. The molecule has 0 saturated carbocycles. The van der Waals surface area contributed by atoms with Crippen LogP contribution in [-0.2, 0) is 15.1 Å². The van der Waals surface area contributed by atoms with Gasteiger partial charge >= 0.3 is 6.03 Å². The molecule has 2 N–H and O–H groups in total. The standard InChI is InChI=1S/C17H18N4O5/c1-10-8-13(20-26-10)18-14(22)9-21-15(23)17(2,19-16(21)24)11-4-6-12(25-3)7-5-11/h4-8H,9H2,1-3H3,(H,19,24)(H,18,20,22). The highest BCUT2D eigenvalue weighted by Gasteiger charge is 2.49. The molecule has 0 radical (unpaired) electrons. The van der Waals surface area contributed by atoms with Crippen LogP contribution in [0.25, 0.3) is 0 Å². The second-order valence-electron chi connectivity index (χ2n) is 6.05. The van der Waals surface area contributed by atoms with E-state index in [1.54, 1.807) is 38.1 Å². The van der Waals surface area contributed by atoms with Crippen LogP contribution in [0.2, 0.25) is 0 Å². The fourth-order valence-corrected chi connectivity index (χ4v) is 2.71. The summed E-state index contributed by atoms with van der Waals surface area (Å²) < 4.78 is 9.95. The molecule has 1 unspecified atom stereocenters. The highest BCUT2D eigenvalue weighted by molar-refractivity contribution is 6.10. The molecule has 0 bridgehead atoms. The Morgan fingerprint density at radius 2 is 2.04 bits per heavy atom. The van der Waals surface area contributed by atoms with Crippen molar-refractivity contribution in [3.63, 3.8) is 0 Å². The van der Waals surface area contributed by atoms with Crippen molar-refractivity contribution in [2.45, 2.75) is 19.4 Å². The molecule has 2 heterocycles. The number of nitrogens with zero attached hydrogens (tertiary/aromatic N) is 2. The van der Waals surface area contributed by atoms with Gasteiger partial charge in [0, 0.05) is 6.07 Å². The highest BCUT2D eigenvalue weighted by Crippen LogP contribution is 2.29. The number of benzene rings is 1. The average molecular weight is 358 g/mol. The third-order valence-electron chi connectivity index (χ3n) is 4.14. The topological polar surface area (TPSA) is 114 Å². The monoisotopic (exact) mass is 358 g/mol. The second-order valence-corrected chi connectivity index (χ2v) is 6.05. The number of ether oxygens (including phenoxy) is 1. The third-order valence-corrected chi connectivity index (χ3v) is 4.14. The number of amides is 4. The van der Waals surface area contributed by atoms with E-state index in [4.69, 9.17) is 9.26 Å². The van der Waals surface area contributed by atoms with Crippen LogP contribution in [0.4, 0.5) is 10.6 Å². The number of aromatic nitrogens is 1. The number of aryl methyl sites for hydroxylation is 1. The van der Waals surface area contributed by atoms with E-state index in [0.717, 1.165) is 4.90 Å². The van der Waals surface area contributed by atoms with Gasteiger partial charge in [-0.15, -0.1) is 0 Å². The maximum absolute atomic E-state index is 12.8. The van der Waals surface area contributed by atoms with Gasteiger partial charge in [-0.05, 0) is 31.5 Å². The minimum absolute atomic E-state index is 0.220. The van der Waals surface area contributed by atoms with Crippen molar-refractivity contribution in [2.75, 3.05) is 19.0 Å². The van der Waals surface area contributed by atoms with Crippen molar-refractivity contribution >= 4 is 23.7 Å². The van der Waals surface area contributed by atoms with Gasteiger partial charge in [-0.3, -0.25) is 14.5 Å². The van der Waals surface area contributed by atoms with Crippen molar-refractivity contribution in [3.8, 4) is 5.75 Å². The lowest BCUT2D eigenvalue weighted by Crippen LogP contribution is -2.42. The van der Waals surface area contributed by atoms with Crippen LogP contribution in [0.5, 0.6) is 5.75 Å². The predicted molar refractivity (Wildman–Crippen MR) is 90.5 cm³/mol. The van der Waals surface area contributed by atoms with Crippen LogP contribution in [0.3, 0.4) is 0 Å². The number of hydrogen-bond acceptors (Lipinski definition) is 6. The predicted octanol–water partition coefficient (Wildman–Crippen LogP) is 1.40. The van der Waals surface area contributed by atoms with Crippen molar-refractivity contribution in [1.82, 2.24) is 15.4 Å². The molecule has 4 amide bonds. The summed E-state index contributed by atoms with van der Waals surface area (Å²) in [4.78, 5) is 38.0. The van der Waals surface area contributed by atoms with Crippen molar-refractivity contribution in [2.24, 2.45) is 0 Å². The first-order chi connectivity index (χ1) is 12.3. The van der Waals surface area contributed by atoms with Gasteiger partial charge in [-0.25, -0.2) is 4.79 Å². The van der Waals surface area contributed by atoms with Crippen LogP contribution in [0.1, 0.15) is 18.2 Å². The van der Waals surface area contributed by atoms with Gasteiger partial charge in [-0.1, -0.05) is 17.3 Å². The summed E-state index contributed by atoms with van der Waals surface area (Å²) in [7, 11) is 1.54. The van der Waals surface area contributed by atoms with Gasteiger partial charge < -0.3 is 19.9 Å². The van der Waals surface area contributed by atoms with Gasteiger partial charge in [0.1, 0.15) is 23.6 Å². The molecule has 1 aromatic carbocycles. The first-order valence-corrected chi connectivity index (χ1v) is 7.85. The summed E-state index contributed by atoms with van der Waals surface area (Å²) in [6.07, 6.45) is 0. The number of anilines is 1. The van der Waals surface area contributed by atoms with E-state index in [1.807, 2.05) is 0 Å². The second kappa shape index (κ2) is 6.51. The number of carbonyl (C=O) groups is 3. The zero-order valence-electron chi connectivity index (χ0n) is 14.5. The van der Waals surface area contributed by atoms with E-state index in [1.165, 1.54) is 13.2 Å². The minimum atomic E-state index is -1.26. The van der Waals surface area contributed by atoms with E-state index in [0.29, 0.717) is 17.1 Å². The summed E-state index contributed by atoms with van der Waals surface area (Å²) in [6, 6.07) is 7.67. The van der Waals surface area contributed by atoms with Gasteiger partial charge in [-0.2, -0.15) is 0 Å². The Morgan fingerprint density at radius 3 is 2.62 bits per heavy atom. The molecule has 26 heavy (non-hydrogen) atoms. The molecule has 9 heteroatoms. The number of methoxy groups -OCH3 is 1. The number of rotatable bonds is 5. The van der Waals surface area contributed by atoms with Crippen LogP contribution in [-0.4, -0.2) is 41.6 Å². The summed E-state index contributed by atoms with van der Waals surface area (Å²) in [5.41, 5.74) is -0.666. The van der Waals surface area contributed by atoms with Crippen LogP contribution < -0.4 is 15.4 Å². The number of urea groups is 1. The highest BCUT2D eigenvalue weighted by atomic mass is 16.5. The Balaban J connectivity index is 1.74. The largest absolute Gasteiger partial charge is 0.497 e. The quantitative estimate of drug-likeness (QED) is 0.781. The molecule has 3 rings (SSSR count). The number of carbonyl (C=O) groups excluding carboxylic acids is 3. The SMILES string of the molecule is COc1ccc(C2(C)NC(=O)N(CC(=O)Nc3cc(C)on3)C2=O)cc1. The first kappa shape index (κ1) is 17.5. The molecule has 9 nitrogen and oxygen atoms in total. The Bertz CT molecular complexity index is 860. The summed E-state index contributed by atoms with van der Waals surface area (Å²) in [6.45, 7) is 2.84. The van der Waals surface area contributed by atoms with Crippen molar-refractivity contribution in [1.29, 1.82) is 0 Å². The van der Waals surface area contributed by atoms with Crippen LogP contribution in [0, 0.1) is 6.92 Å². The lowest BCUT2D eigenvalue weighted by molar-refractivity contribution is -0.133. The van der Waals surface area contributed by atoms with E-state index in [9.17, 15) is 14.4 Å². The molecule has 1 saturated heterocycles. The zero-order chi connectivity index (χ0) is 18.9. The van der Waals surface area contributed by atoms with Gasteiger partial charge in [0.2, 0.25) is 5.91 Å². The molecule has 0 aliphatic carbocycles. The van der Waals surface area contributed by atoms with E-state index in [-0.39, 0.29) is 5.82 Å². The number of imide groups is 1. The molecule has 1 aromatic heterocycles. The normalized spacial score (nSPS) is 19.4. The third kappa shape index (κ3) is 3.10. The Morgan fingerprint density at radius 1 is 1.35 bits per heavy atom. The fraction of sp³-hybridized carbons (Fsp3) is 0.294. The number of hydrogen-bond donors (Lipinski definition) is 2. The molecular weight excluding hydrogens is 340 g/mol. The first-order valence-electron chi connectivity index (χ1n) is 7.85. The molecule has 1 aliphatic heterocycles. The van der Waals surface area contributed by atoms with Gasteiger partial charge in [0.05, 0.1) is 7.11 Å². The zero-order valence-corrected chi connectivity index (χ0v) is 14.5. The molecule has 1 atom stereocenters. The van der Waals surface area contributed by atoms with Crippen LogP contribution in [0.15, 0.2) is 34.9 Å². The molecule has 2 aromatic rings. The molecule has 0 spiro atoms. The van der Waals surface area contributed by atoms with Crippen molar-refractivity contribution in [3.05, 3.63) is 41.7 Å². The Kier molecular flexibility index (Phi) is 4.37. The molecular formula is C17H18N4O5. The molecule has 1 fully saturated rings. The average Bonchev–Trinajstić information content (AvgIpc) is 3.11.